The van der Waals surface area contributed by atoms with Crippen molar-refractivity contribution in [3.63, 3.8) is 0 Å². The van der Waals surface area contributed by atoms with Crippen molar-refractivity contribution in [1.82, 2.24) is 0 Å². The minimum atomic E-state index is 0.103. The minimum Gasteiger partial charge on any atom is -0.384 e. The Balaban J connectivity index is 2.25. The number of benzene rings is 2. The molecule has 0 bridgehead atoms. The van der Waals surface area contributed by atoms with Gasteiger partial charge in [0.05, 0.1) is 0 Å². The van der Waals surface area contributed by atoms with E-state index in [-0.39, 0.29) is 5.84 Å². The molecule has 2 aromatic rings. The Morgan fingerprint density at radius 3 is 2.58 bits per heavy atom. The quantitative estimate of drug-likeness (QED) is 0.650. The number of anilines is 1. The maximum atomic E-state index is 7.63. The summed E-state index contributed by atoms with van der Waals surface area (Å²) in [7, 11) is 2.02. The topological polar surface area (TPSA) is 53.1 Å². The SMILES string of the molecule is Cc1cccc(CN(C)c2ccccc2C(=N)N)c1. The molecular weight excluding hydrogens is 234 g/mol. The lowest BCUT2D eigenvalue weighted by Gasteiger charge is -2.22. The van der Waals surface area contributed by atoms with Crippen LogP contribution >= 0.6 is 0 Å². The standard InChI is InChI=1S/C16H19N3/c1-12-6-5-7-13(10-12)11-19(2)15-9-4-3-8-14(15)16(17)18/h3-10H,11H2,1-2H3,(H3,17,18). The fourth-order valence-electron chi connectivity index (χ4n) is 2.20. The van der Waals surface area contributed by atoms with E-state index in [9.17, 15) is 0 Å². The van der Waals surface area contributed by atoms with Crippen LogP contribution in [0.4, 0.5) is 5.69 Å². The zero-order valence-electron chi connectivity index (χ0n) is 11.4. The largest absolute Gasteiger partial charge is 0.384 e. The highest BCUT2D eigenvalue weighted by molar-refractivity contribution is 6.00. The molecule has 0 radical (unpaired) electrons. The molecule has 0 aliphatic carbocycles. The van der Waals surface area contributed by atoms with E-state index in [2.05, 4.69) is 36.1 Å². The van der Waals surface area contributed by atoms with Crippen molar-refractivity contribution in [1.29, 1.82) is 5.41 Å². The van der Waals surface area contributed by atoms with Crippen LogP contribution in [0.25, 0.3) is 0 Å². The van der Waals surface area contributed by atoms with Gasteiger partial charge in [0, 0.05) is 24.8 Å². The third-order valence-corrected chi connectivity index (χ3v) is 3.11. The molecule has 0 unspecified atom stereocenters. The van der Waals surface area contributed by atoms with Gasteiger partial charge in [-0.05, 0) is 24.6 Å². The summed E-state index contributed by atoms with van der Waals surface area (Å²) in [5, 5.41) is 7.63. The fourth-order valence-corrected chi connectivity index (χ4v) is 2.20. The van der Waals surface area contributed by atoms with Gasteiger partial charge < -0.3 is 10.6 Å². The second-order valence-corrected chi connectivity index (χ2v) is 4.78. The first-order valence-electron chi connectivity index (χ1n) is 6.28. The van der Waals surface area contributed by atoms with E-state index < -0.39 is 0 Å². The van der Waals surface area contributed by atoms with Gasteiger partial charge in [0.2, 0.25) is 0 Å². The molecule has 0 amide bonds. The summed E-state index contributed by atoms with van der Waals surface area (Å²) >= 11 is 0. The number of nitrogen functional groups attached to an aromatic ring is 1. The molecule has 0 saturated carbocycles. The third-order valence-electron chi connectivity index (χ3n) is 3.11. The zero-order chi connectivity index (χ0) is 13.8. The van der Waals surface area contributed by atoms with Crippen molar-refractivity contribution >= 4 is 11.5 Å². The van der Waals surface area contributed by atoms with Crippen molar-refractivity contribution in [3.05, 3.63) is 65.2 Å². The molecule has 3 heteroatoms. The second-order valence-electron chi connectivity index (χ2n) is 4.78. The van der Waals surface area contributed by atoms with Gasteiger partial charge in [-0.25, -0.2) is 0 Å². The fraction of sp³-hybridized carbons (Fsp3) is 0.188. The van der Waals surface area contributed by atoms with E-state index in [1.54, 1.807) is 0 Å². The number of aryl methyl sites for hydroxylation is 1. The first kappa shape index (κ1) is 13.1. The van der Waals surface area contributed by atoms with Gasteiger partial charge in [-0.3, -0.25) is 5.41 Å². The highest BCUT2D eigenvalue weighted by Crippen LogP contribution is 2.20. The Kier molecular flexibility index (Phi) is 3.85. The molecule has 0 aromatic heterocycles. The van der Waals surface area contributed by atoms with Crippen LogP contribution in [0.5, 0.6) is 0 Å². The molecule has 0 heterocycles. The molecule has 98 valence electrons. The number of hydrogen-bond acceptors (Lipinski definition) is 2. The summed E-state index contributed by atoms with van der Waals surface area (Å²) in [5.74, 6) is 0.103. The Hall–Kier alpha value is -2.29. The number of amidine groups is 1. The van der Waals surface area contributed by atoms with Crippen LogP contribution in [0.3, 0.4) is 0 Å². The van der Waals surface area contributed by atoms with Crippen molar-refractivity contribution in [2.45, 2.75) is 13.5 Å². The van der Waals surface area contributed by atoms with E-state index in [1.165, 1.54) is 11.1 Å². The average Bonchev–Trinajstić information content (AvgIpc) is 2.38. The molecule has 19 heavy (non-hydrogen) atoms. The van der Waals surface area contributed by atoms with Crippen LogP contribution in [0.1, 0.15) is 16.7 Å². The molecule has 0 fully saturated rings. The smallest absolute Gasteiger partial charge is 0.124 e. The molecular formula is C16H19N3. The number of hydrogen-bond donors (Lipinski definition) is 2. The summed E-state index contributed by atoms with van der Waals surface area (Å²) in [5.41, 5.74) is 9.89. The lowest BCUT2D eigenvalue weighted by Crippen LogP contribution is -2.21. The maximum absolute atomic E-state index is 7.63. The number of nitrogens with one attached hydrogen (secondary N) is 1. The molecule has 3 N–H and O–H groups in total. The van der Waals surface area contributed by atoms with Crippen molar-refractivity contribution in [2.75, 3.05) is 11.9 Å². The lowest BCUT2D eigenvalue weighted by molar-refractivity contribution is 0.919. The van der Waals surface area contributed by atoms with Gasteiger partial charge >= 0.3 is 0 Å². The van der Waals surface area contributed by atoms with Crippen LogP contribution in [0, 0.1) is 12.3 Å². The summed E-state index contributed by atoms with van der Waals surface area (Å²) in [6.07, 6.45) is 0. The maximum Gasteiger partial charge on any atom is 0.124 e. The number of para-hydroxylation sites is 1. The predicted octanol–water partition coefficient (Wildman–Crippen LogP) is 2.92. The molecule has 0 spiro atoms. The highest BCUT2D eigenvalue weighted by Gasteiger charge is 2.09. The van der Waals surface area contributed by atoms with Gasteiger partial charge in [0.1, 0.15) is 5.84 Å². The van der Waals surface area contributed by atoms with Crippen molar-refractivity contribution < 1.29 is 0 Å². The predicted molar refractivity (Wildman–Crippen MR) is 80.7 cm³/mol. The molecule has 0 saturated heterocycles. The monoisotopic (exact) mass is 253 g/mol. The van der Waals surface area contributed by atoms with Gasteiger partial charge in [-0.15, -0.1) is 0 Å². The first-order chi connectivity index (χ1) is 9.08. The molecule has 2 rings (SSSR count). The van der Waals surface area contributed by atoms with Gasteiger partial charge in [-0.2, -0.15) is 0 Å². The molecule has 0 atom stereocenters. The molecule has 3 nitrogen and oxygen atoms in total. The summed E-state index contributed by atoms with van der Waals surface area (Å²) in [6.45, 7) is 2.89. The van der Waals surface area contributed by atoms with Gasteiger partial charge in [0.15, 0.2) is 0 Å². The van der Waals surface area contributed by atoms with E-state index in [0.717, 1.165) is 17.8 Å². The summed E-state index contributed by atoms with van der Waals surface area (Å²) < 4.78 is 0. The number of rotatable bonds is 4. The van der Waals surface area contributed by atoms with Gasteiger partial charge in [0.25, 0.3) is 0 Å². The van der Waals surface area contributed by atoms with E-state index in [0.29, 0.717) is 0 Å². The highest BCUT2D eigenvalue weighted by atomic mass is 15.1. The van der Waals surface area contributed by atoms with Crippen LogP contribution in [0.2, 0.25) is 0 Å². The number of nitrogens with zero attached hydrogens (tertiary/aromatic N) is 1. The van der Waals surface area contributed by atoms with Crippen LogP contribution in [0.15, 0.2) is 48.5 Å². The Bertz CT molecular complexity index is 590. The Morgan fingerprint density at radius 1 is 1.16 bits per heavy atom. The molecule has 0 aliphatic rings. The van der Waals surface area contributed by atoms with E-state index in [4.69, 9.17) is 11.1 Å². The summed E-state index contributed by atoms with van der Waals surface area (Å²) in [4.78, 5) is 2.12. The van der Waals surface area contributed by atoms with Crippen LogP contribution < -0.4 is 10.6 Å². The average molecular weight is 253 g/mol. The lowest BCUT2D eigenvalue weighted by atomic mass is 10.1. The number of nitrogens with two attached hydrogens (primary N) is 1. The summed E-state index contributed by atoms with van der Waals surface area (Å²) in [6, 6.07) is 16.2. The van der Waals surface area contributed by atoms with Crippen LogP contribution in [-0.4, -0.2) is 12.9 Å². The van der Waals surface area contributed by atoms with Crippen LogP contribution in [-0.2, 0) is 6.54 Å². The van der Waals surface area contributed by atoms with E-state index >= 15 is 0 Å². The van der Waals surface area contributed by atoms with Crippen molar-refractivity contribution in [2.24, 2.45) is 5.73 Å². The van der Waals surface area contributed by atoms with Gasteiger partial charge in [-0.1, -0.05) is 42.0 Å². The second kappa shape index (κ2) is 5.57. The molecule has 0 aliphatic heterocycles. The van der Waals surface area contributed by atoms with Crippen molar-refractivity contribution in [3.8, 4) is 0 Å². The Labute approximate surface area is 114 Å². The normalized spacial score (nSPS) is 10.2. The zero-order valence-corrected chi connectivity index (χ0v) is 11.4. The Morgan fingerprint density at radius 2 is 1.89 bits per heavy atom. The minimum absolute atomic E-state index is 0.103. The molecule has 2 aromatic carbocycles. The third kappa shape index (κ3) is 3.13. The van der Waals surface area contributed by atoms with E-state index in [1.807, 2.05) is 31.3 Å². The first-order valence-corrected chi connectivity index (χ1v) is 6.28.